The summed E-state index contributed by atoms with van der Waals surface area (Å²) in [4.78, 5) is 19.3. The van der Waals surface area contributed by atoms with Crippen LogP contribution in [0.3, 0.4) is 0 Å². The van der Waals surface area contributed by atoms with E-state index in [0.717, 1.165) is 44.8 Å². The first-order valence-electron chi connectivity index (χ1n) is 8.10. The molecule has 120 valence electrons. The maximum atomic E-state index is 12.4. The molecular weight excluding hydrogens is 278 g/mol. The van der Waals surface area contributed by atoms with Crippen LogP contribution in [0.1, 0.15) is 12.0 Å². The minimum Gasteiger partial charge on any atom is -0.508 e. The molecule has 2 saturated heterocycles. The molecule has 0 unspecified atom stereocenters. The third kappa shape index (κ3) is 3.59. The van der Waals surface area contributed by atoms with Crippen LogP contribution in [0.2, 0.25) is 0 Å². The summed E-state index contributed by atoms with van der Waals surface area (Å²) in [5.74, 6) is 0.500. The number of nitrogens with zero attached hydrogens (tertiary/aromatic N) is 3. The van der Waals surface area contributed by atoms with E-state index in [1.807, 2.05) is 17.0 Å². The van der Waals surface area contributed by atoms with Crippen molar-refractivity contribution in [1.82, 2.24) is 14.7 Å². The Bertz CT molecular complexity index is 534. The van der Waals surface area contributed by atoms with Crippen LogP contribution in [0, 0.1) is 0 Å². The van der Waals surface area contributed by atoms with E-state index in [4.69, 9.17) is 0 Å². The van der Waals surface area contributed by atoms with Gasteiger partial charge in [0, 0.05) is 51.7 Å². The van der Waals surface area contributed by atoms with Crippen molar-refractivity contribution in [3.63, 3.8) is 0 Å². The van der Waals surface area contributed by atoms with Gasteiger partial charge in [0.25, 0.3) is 0 Å². The van der Waals surface area contributed by atoms with Crippen molar-refractivity contribution in [1.29, 1.82) is 0 Å². The highest BCUT2D eigenvalue weighted by Crippen LogP contribution is 2.17. The number of hydrogen-bond acceptors (Lipinski definition) is 4. The van der Waals surface area contributed by atoms with Crippen molar-refractivity contribution < 1.29 is 9.90 Å². The first-order chi connectivity index (χ1) is 10.6. The molecule has 2 heterocycles. The second-order valence-electron chi connectivity index (χ2n) is 6.46. The van der Waals surface area contributed by atoms with Crippen molar-refractivity contribution >= 4 is 5.91 Å². The fraction of sp³-hybridized carbons (Fsp3) is 0.588. The van der Waals surface area contributed by atoms with Crippen LogP contribution in [0.25, 0.3) is 0 Å². The van der Waals surface area contributed by atoms with E-state index in [1.54, 1.807) is 12.1 Å². The van der Waals surface area contributed by atoms with Gasteiger partial charge in [0.15, 0.2) is 0 Å². The van der Waals surface area contributed by atoms with Crippen LogP contribution in [-0.2, 0) is 11.2 Å². The van der Waals surface area contributed by atoms with Crippen LogP contribution >= 0.6 is 0 Å². The van der Waals surface area contributed by atoms with E-state index in [9.17, 15) is 9.90 Å². The molecule has 5 nitrogen and oxygen atoms in total. The number of fused-ring (bicyclic) bond motifs is 1. The lowest BCUT2D eigenvalue weighted by molar-refractivity contribution is -0.135. The molecule has 0 bridgehead atoms. The van der Waals surface area contributed by atoms with Gasteiger partial charge >= 0.3 is 0 Å². The first kappa shape index (κ1) is 15.3. The Kier molecular flexibility index (Phi) is 4.64. The molecule has 1 amide bonds. The lowest BCUT2D eigenvalue weighted by Crippen LogP contribution is -2.62. The van der Waals surface area contributed by atoms with Gasteiger partial charge in [-0.25, -0.2) is 0 Å². The number of benzene rings is 1. The number of carbonyl (C=O) groups is 1. The Labute approximate surface area is 132 Å². The van der Waals surface area contributed by atoms with Crippen molar-refractivity contribution in [2.75, 3.05) is 46.3 Å². The summed E-state index contributed by atoms with van der Waals surface area (Å²) in [5.41, 5.74) is 1.02. The number of carbonyl (C=O) groups excluding carboxylic acids is 1. The van der Waals surface area contributed by atoms with Crippen molar-refractivity contribution in [2.24, 2.45) is 0 Å². The van der Waals surface area contributed by atoms with Crippen LogP contribution < -0.4 is 0 Å². The fourth-order valence-corrected chi connectivity index (χ4v) is 3.46. The van der Waals surface area contributed by atoms with Gasteiger partial charge in [-0.1, -0.05) is 12.1 Å². The normalized spacial score (nSPS) is 23.3. The van der Waals surface area contributed by atoms with E-state index in [2.05, 4.69) is 16.8 Å². The van der Waals surface area contributed by atoms with E-state index >= 15 is 0 Å². The maximum Gasteiger partial charge on any atom is 0.222 e. The second-order valence-corrected chi connectivity index (χ2v) is 6.46. The number of amides is 1. The molecule has 5 heteroatoms. The highest BCUT2D eigenvalue weighted by atomic mass is 16.3. The minimum atomic E-state index is 0.233. The molecule has 0 aliphatic carbocycles. The summed E-state index contributed by atoms with van der Waals surface area (Å²) < 4.78 is 0. The standard InChI is InChI=1S/C17H25N3O2/c1-18-7-8-19-9-10-20(13-15(19)12-18)17(22)6-5-14-3-2-4-16(21)11-14/h2-4,11,15,21H,5-10,12-13H2,1H3/t15-/m0/s1. The molecule has 1 aromatic carbocycles. The van der Waals surface area contributed by atoms with Crippen molar-refractivity contribution in [3.8, 4) is 5.75 Å². The van der Waals surface area contributed by atoms with Crippen molar-refractivity contribution in [2.45, 2.75) is 18.9 Å². The summed E-state index contributed by atoms with van der Waals surface area (Å²) in [6.45, 7) is 5.99. The van der Waals surface area contributed by atoms with Gasteiger partial charge in [0.05, 0.1) is 0 Å². The first-order valence-corrected chi connectivity index (χ1v) is 8.10. The highest BCUT2D eigenvalue weighted by molar-refractivity contribution is 5.76. The number of phenols is 1. The zero-order valence-corrected chi connectivity index (χ0v) is 13.2. The largest absolute Gasteiger partial charge is 0.508 e. The Balaban J connectivity index is 1.52. The Hall–Kier alpha value is -1.59. The third-order valence-electron chi connectivity index (χ3n) is 4.79. The van der Waals surface area contributed by atoms with Gasteiger partial charge in [-0.15, -0.1) is 0 Å². The number of rotatable bonds is 3. The maximum absolute atomic E-state index is 12.4. The molecule has 3 rings (SSSR count). The molecule has 1 N–H and O–H groups in total. The van der Waals surface area contributed by atoms with Gasteiger partial charge in [-0.3, -0.25) is 9.69 Å². The fourth-order valence-electron chi connectivity index (χ4n) is 3.46. The van der Waals surface area contributed by atoms with Crippen LogP contribution in [0.5, 0.6) is 5.75 Å². The number of hydrogen-bond donors (Lipinski definition) is 1. The number of aryl methyl sites for hydroxylation is 1. The average molecular weight is 303 g/mol. The van der Waals surface area contributed by atoms with Gasteiger partial charge in [-0.2, -0.15) is 0 Å². The van der Waals surface area contributed by atoms with Crippen molar-refractivity contribution in [3.05, 3.63) is 29.8 Å². The predicted molar refractivity (Wildman–Crippen MR) is 85.9 cm³/mol. The Morgan fingerprint density at radius 2 is 2.05 bits per heavy atom. The molecule has 0 aromatic heterocycles. The van der Waals surface area contributed by atoms with Crippen LogP contribution in [0.15, 0.2) is 24.3 Å². The molecule has 0 radical (unpaired) electrons. The van der Waals surface area contributed by atoms with Crippen LogP contribution in [0.4, 0.5) is 0 Å². The van der Waals surface area contributed by atoms with Gasteiger partial charge in [0.2, 0.25) is 5.91 Å². The third-order valence-corrected chi connectivity index (χ3v) is 4.79. The summed E-state index contributed by atoms with van der Waals surface area (Å²) in [6.07, 6.45) is 1.21. The zero-order chi connectivity index (χ0) is 15.5. The molecule has 22 heavy (non-hydrogen) atoms. The molecular formula is C17H25N3O2. The lowest BCUT2D eigenvalue weighted by Gasteiger charge is -2.46. The minimum absolute atomic E-state index is 0.233. The smallest absolute Gasteiger partial charge is 0.222 e. The number of aromatic hydroxyl groups is 1. The number of phenolic OH excluding ortho intramolecular Hbond substituents is 1. The number of piperazine rings is 2. The zero-order valence-electron chi connectivity index (χ0n) is 13.2. The molecule has 2 fully saturated rings. The summed E-state index contributed by atoms with van der Waals surface area (Å²) >= 11 is 0. The SMILES string of the molecule is CN1CCN2CCN(C(=O)CCc3cccc(O)c3)C[C@@H]2C1. The van der Waals surface area contributed by atoms with E-state index in [-0.39, 0.29) is 11.7 Å². The summed E-state index contributed by atoms with van der Waals surface area (Å²) in [7, 11) is 2.15. The topological polar surface area (TPSA) is 47.0 Å². The summed E-state index contributed by atoms with van der Waals surface area (Å²) in [5, 5.41) is 9.48. The molecule has 1 aromatic rings. The lowest BCUT2D eigenvalue weighted by atomic mass is 10.1. The van der Waals surface area contributed by atoms with Gasteiger partial charge in [0.1, 0.15) is 5.75 Å². The Morgan fingerprint density at radius 3 is 2.86 bits per heavy atom. The van der Waals surface area contributed by atoms with E-state index in [1.165, 1.54) is 0 Å². The van der Waals surface area contributed by atoms with E-state index in [0.29, 0.717) is 18.9 Å². The summed E-state index contributed by atoms with van der Waals surface area (Å²) in [6, 6.07) is 7.66. The molecule has 2 aliphatic rings. The second kappa shape index (κ2) is 6.67. The molecule has 0 spiro atoms. The molecule has 1 atom stereocenters. The average Bonchev–Trinajstić information content (AvgIpc) is 2.52. The van der Waals surface area contributed by atoms with E-state index < -0.39 is 0 Å². The van der Waals surface area contributed by atoms with Crippen LogP contribution in [-0.4, -0.2) is 78.1 Å². The highest BCUT2D eigenvalue weighted by Gasteiger charge is 2.32. The monoisotopic (exact) mass is 303 g/mol. The number of likely N-dealkylation sites (N-methyl/N-ethyl adjacent to an activating group) is 1. The molecule has 2 aliphatic heterocycles. The van der Waals surface area contributed by atoms with Gasteiger partial charge < -0.3 is 14.9 Å². The van der Waals surface area contributed by atoms with Gasteiger partial charge in [-0.05, 0) is 31.2 Å². The predicted octanol–water partition coefficient (Wildman–Crippen LogP) is 0.783. The molecule has 0 saturated carbocycles. The Morgan fingerprint density at radius 1 is 1.23 bits per heavy atom. The quantitative estimate of drug-likeness (QED) is 0.896.